The molecule has 1 aromatic rings. The highest BCUT2D eigenvalue weighted by molar-refractivity contribution is 5.89. The fourth-order valence-corrected chi connectivity index (χ4v) is 1.42. The molecule has 0 saturated carbocycles. The maximum absolute atomic E-state index is 11.0. The van der Waals surface area contributed by atoms with Gasteiger partial charge < -0.3 is 20.8 Å². The molecule has 1 atom stereocenters. The van der Waals surface area contributed by atoms with E-state index in [0.717, 1.165) is 11.3 Å². The molecule has 1 amide bonds. The highest BCUT2D eigenvalue weighted by Crippen LogP contribution is 2.14. The molecule has 17 heavy (non-hydrogen) atoms. The van der Waals surface area contributed by atoms with E-state index in [1.165, 1.54) is 6.92 Å². The summed E-state index contributed by atoms with van der Waals surface area (Å²) in [5.74, 6) is -0.118. The highest BCUT2D eigenvalue weighted by Gasteiger charge is 2.04. The largest absolute Gasteiger partial charge is 0.394 e. The summed E-state index contributed by atoms with van der Waals surface area (Å²) in [4.78, 5) is 11.0. The fourth-order valence-electron chi connectivity index (χ4n) is 1.42. The third-order valence-corrected chi connectivity index (χ3v) is 2.23. The number of hydrogen-bond donors (Lipinski definition) is 4. The van der Waals surface area contributed by atoms with Crippen LogP contribution in [-0.4, -0.2) is 35.4 Å². The van der Waals surface area contributed by atoms with Gasteiger partial charge in [0.1, 0.15) is 0 Å². The average Bonchev–Trinajstić information content (AvgIpc) is 2.30. The van der Waals surface area contributed by atoms with Crippen LogP contribution in [0.4, 0.5) is 5.69 Å². The maximum atomic E-state index is 11.0. The van der Waals surface area contributed by atoms with Gasteiger partial charge in [0, 0.05) is 25.7 Å². The Kier molecular flexibility index (Phi) is 5.62. The Labute approximate surface area is 100 Å². The zero-order valence-electron chi connectivity index (χ0n) is 9.81. The van der Waals surface area contributed by atoms with Gasteiger partial charge in [-0.3, -0.25) is 4.79 Å². The Morgan fingerprint density at radius 3 is 2.76 bits per heavy atom. The zero-order chi connectivity index (χ0) is 12.7. The number of amides is 1. The van der Waals surface area contributed by atoms with Crippen molar-refractivity contribution >= 4 is 11.6 Å². The van der Waals surface area contributed by atoms with Crippen LogP contribution in [0.15, 0.2) is 24.3 Å². The van der Waals surface area contributed by atoms with Gasteiger partial charge >= 0.3 is 0 Å². The Balaban J connectivity index is 2.54. The second-order valence-corrected chi connectivity index (χ2v) is 3.81. The Morgan fingerprint density at radius 2 is 2.12 bits per heavy atom. The topological polar surface area (TPSA) is 81.6 Å². The molecular weight excluding hydrogens is 220 g/mol. The molecule has 0 radical (unpaired) electrons. The lowest BCUT2D eigenvalue weighted by Gasteiger charge is -2.12. The van der Waals surface area contributed by atoms with E-state index in [2.05, 4.69) is 10.6 Å². The predicted octanol–water partition coefficient (Wildman–Crippen LogP) is 0.0878. The smallest absolute Gasteiger partial charge is 0.221 e. The van der Waals surface area contributed by atoms with Crippen molar-refractivity contribution in [3.05, 3.63) is 29.8 Å². The number of rotatable bonds is 6. The van der Waals surface area contributed by atoms with Crippen LogP contribution in [0.25, 0.3) is 0 Å². The van der Waals surface area contributed by atoms with Gasteiger partial charge in [0.15, 0.2) is 0 Å². The summed E-state index contributed by atoms with van der Waals surface area (Å²) >= 11 is 0. The lowest BCUT2D eigenvalue weighted by Crippen LogP contribution is -2.29. The molecular formula is C12H18N2O3. The average molecular weight is 238 g/mol. The van der Waals surface area contributed by atoms with Crippen molar-refractivity contribution in [2.24, 2.45) is 0 Å². The maximum Gasteiger partial charge on any atom is 0.221 e. The van der Waals surface area contributed by atoms with Gasteiger partial charge in [-0.15, -0.1) is 0 Å². The van der Waals surface area contributed by atoms with Crippen LogP contribution in [0.3, 0.4) is 0 Å². The fraction of sp³-hybridized carbons (Fsp3) is 0.417. The lowest BCUT2D eigenvalue weighted by atomic mass is 10.1. The number of aliphatic hydroxyl groups is 2. The van der Waals surface area contributed by atoms with Gasteiger partial charge in [-0.1, -0.05) is 18.2 Å². The first-order valence-electron chi connectivity index (χ1n) is 5.48. The van der Waals surface area contributed by atoms with Crippen LogP contribution in [-0.2, 0) is 11.3 Å². The minimum absolute atomic E-state index is 0.118. The van der Waals surface area contributed by atoms with Crippen LogP contribution in [0, 0.1) is 0 Å². The number of anilines is 1. The molecule has 5 heteroatoms. The Hall–Kier alpha value is -1.43. The van der Waals surface area contributed by atoms with Crippen LogP contribution in [0.2, 0.25) is 0 Å². The van der Waals surface area contributed by atoms with E-state index in [-0.39, 0.29) is 12.5 Å². The van der Waals surface area contributed by atoms with E-state index in [9.17, 15) is 4.79 Å². The van der Waals surface area contributed by atoms with Gasteiger partial charge in [0.2, 0.25) is 5.91 Å². The standard InChI is InChI=1S/C12H18N2O3/c1-9(16)14-12-5-3-2-4-10(12)6-13-7-11(17)8-15/h2-5,11,13,15,17H,6-8H2,1H3,(H,14,16). The van der Waals surface area contributed by atoms with Crippen molar-refractivity contribution in [3.63, 3.8) is 0 Å². The number of hydrogen-bond acceptors (Lipinski definition) is 4. The molecule has 0 bridgehead atoms. The molecule has 94 valence electrons. The van der Waals surface area contributed by atoms with E-state index >= 15 is 0 Å². The molecule has 0 aromatic heterocycles. The van der Waals surface area contributed by atoms with E-state index in [0.29, 0.717) is 13.1 Å². The van der Waals surface area contributed by atoms with Gasteiger partial charge in [-0.05, 0) is 11.6 Å². The van der Waals surface area contributed by atoms with E-state index < -0.39 is 6.10 Å². The van der Waals surface area contributed by atoms with E-state index in [1.54, 1.807) is 0 Å². The summed E-state index contributed by atoms with van der Waals surface area (Å²) in [6.07, 6.45) is -0.761. The van der Waals surface area contributed by atoms with Crippen molar-refractivity contribution in [2.75, 3.05) is 18.5 Å². The zero-order valence-corrected chi connectivity index (χ0v) is 9.81. The summed E-state index contributed by atoms with van der Waals surface area (Å²) in [5, 5.41) is 23.6. The Bertz CT molecular complexity index is 369. The molecule has 4 N–H and O–H groups in total. The molecule has 1 aromatic carbocycles. The third-order valence-electron chi connectivity index (χ3n) is 2.23. The van der Waals surface area contributed by atoms with Crippen LogP contribution >= 0.6 is 0 Å². The van der Waals surface area contributed by atoms with Crippen molar-refractivity contribution in [3.8, 4) is 0 Å². The molecule has 1 rings (SSSR count). The molecule has 5 nitrogen and oxygen atoms in total. The molecule has 0 aliphatic heterocycles. The number of carbonyl (C=O) groups is 1. The van der Waals surface area contributed by atoms with Gasteiger partial charge in [-0.2, -0.15) is 0 Å². The monoisotopic (exact) mass is 238 g/mol. The molecule has 0 saturated heterocycles. The summed E-state index contributed by atoms with van der Waals surface area (Å²) in [6.45, 7) is 2.03. The number of aliphatic hydroxyl groups excluding tert-OH is 2. The first-order chi connectivity index (χ1) is 8.13. The van der Waals surface area contributed by atoms with Crippen molar-refractivity contribution in [1.82, 2.24) is 5.32 Å². The predicted molar refractivity (Wildman–Crippen MR) is 65.5 cm³/mol. The van der Waals surface area contributed by atoms with Crippen LogP contribution in [0.1, 0.15) is 12.5 Å². The highest BCUT2D eigenvalue weighted by atomic mass is 16.3. The van der Waals surface area contributed by atoms with Crippen LogP contribution in [0.5, 0.6) is 0 Å². The summed E-state index contributed by atoms with van der Waals surface area (Å²) in [7, 11) is 0. The quantitative estimate of drug-likeness (QED) is 0.566. The second kappa shape index (κ2) is 7.01. The minimum atomic E-state index is -0.761. The number of benzene rings is 1. The number of para-hydroxylation sites is 1. The molecule has 0 aliphatic rings. The second-order valence-electron chi connectivity index (χ2n) is 3.81. The summed E-state index contributed by atoms with van der Waals surface area (Å²) in [5.41, 5.74) is 1.69. The van der Waals surface area contributed by atoms with E-state index in [1.807, 2.05) is 24.3 Å². The first kappa shape index (κ1) is 13.6. The summed E-state index contributed by atoms with van der Waals surface area (Å²) in [6, 6.07) is 7.44. The molecule has 0 fully saturated rings. The third kappa shape index (κ3) is 4.95. The van der Waals surface area contributed by atoms with Gasteiger partial charge in [0.05, 0.1) is 12.7 Å². The van der Waals surface area contributed by atoms with Gasteiger partial charge in [-0.25, -0.2) is 0 Å². The number of nitrogens with one attached hydrogen (secondary N) is 2. The normalized spacial score (nSPS) is 12.2. The molecule has 0 spiro atoms. The molecule has 0 heterocycles. The first-order valence-corrected chi connectivity index (χ1v) is 5.48. The Morgan fingerprint density at radius 1 is 1.41 bits per heavy atom. The van der Waals surface area contributed by atoms with Crippen LogP contribution < -0.4 is 10.6 Å². The molecule has 0 aliphatic carbocycles. The summed E-state index contributed by atoms with van der Waals surface area (Å²) < 4.78 is 0. The number of carbonyl (C=O) groups excluding carboxylic acids is 1. The van der Waals surface area contributed by atoms with Crippen molar-refractivity contribution < 1.29 is 15.0 Å². The van der Waals surface area contributed by atoms with E-state index in [4.69, 9.17) is 10.2 Å². The van der Waals surface area contributed by atoms with Gasteiger partial charge in [0.25, 0.3) is 0 Å². The lowest BCUT2D eigenvalue weighted by molar-refractivity contribution is -0.114. The van der Waals surface area contributed by atoms with Crippen molar-refractivity contribution in [1.29, 1.82) is 0 Å². The van der Waals surface area contributed by atoms with Crippen molar-refractivity contribution in [2.45, 2.75) is 19.6 Å². The SMILES string of the molecule is CC(=O)Nc1ccccc1CNCC(O)CO. The minimum Gasteiger partial charge on any atom is -0.394 e. The molecule has 1 unspecified atom stereocenters.